The van der Waals surface area contributed by atoms with Crippen LogP contribution in [-0.2, 0) is 4.79 Å². The first-order valence-electron chi connectivity index (χ1n) is 3.84. The fourth-order valence-electron chi connectivity index (χ4n) is 0.161. The topological polar surface area (TPSA) is 17.1 Å². The van der Waals surface area contributed by atoms with Gasteiger partial charge in [0.15, 0.2) is 5.41 Å². The number of carbonyl (C=O) groups excluding carboxylic acids is 1. The predicted octanol–water partition coefficient (Wildman–Crippen LogP) is 3.73. The third-order valence-corrected chi connectivity index (χ3v) is 1.42. The van der Waals surface area contributed by atoms with Crippen LogP contribution in [0.15, 0.2) is 0 Å². The molecule has 0 rings (SSSR count). The van der Waals surface area contributed by atoms with Gasteiger partial charge in [0.2, 0.25) is 0 Å². The molecule has 0 aromatic rings. The number of Topliss-reactive ketones (excluding diaryl/α,β-unsaturated/α-hetero) is 1. The number of halogens is 6. The second-order valence-electron chi connectivity index (χ2n) is 3.53. The molecule has 15 heavy (non-hydrogen) atoms. The summed E-state index contributed by atoms with van der Waals surface area (Å²) in [6.45, 7) is 3.26. The number of rotatable bonds is 0. The summed E-state index contributed by atoms with van der Waals surface area (Å²) in [5.74, 6) is 0.167. The Bertz CT molecular complexity index is 192. The van der Waals surface area contributed by atoms with E-state index in [4.69, 9.17) is 0 Å². The highest BCUT2D eigenvalue weighted by atomic mass is 19.4. The maximum absolute atomic E-state index is 11.6. The predicted molar refractivity (Wildman–Crippen MR) is 42.2 cm³/mol. The summed E-state index contributed by atoms with van der Waals surface area (Å²) >= 11 is 0. The molecule has 0 unspecified atom stereocenters. The van der Waals surface area contributed by atoms with Gasteiger partial charge in [-0.1, -0.05) is 0 Å². The average molecular weight is 238 g/mol. The molecule has 0 aliphatic rings. The van der Waals surface area contributed by atoms with Crippen LogP contribution < -0.4 is 0 Å². The highest BCUT2D eigenvalue weighted by Crippen LogP contribution is 2.49. The molecule has 0 aliphatic carbocycles. The molecule has 92 valence electrons. The van der Waals surface area contributed by atoms with Crippen molar-refractivity contribution in [3.05, 3.63) is 0 Å². The van der Waals surface area contributed by atoms with Crippen LogP contribution >= 0.6 is 0 Å². The van der Waals surface area contributed by atoms with Gasteiger partial charge in [0, 0.05) is 0 Å². The molecule has 0 atom stereocenters. The van der Waals surface area contributed by atoms with E-state index in [9.17, 15) is 31.1 Å². The van der Waals surface area contributed by atoms with E-state index >= 15 is 0 Å². The Hall–Kier alpha value is -0.750. The quantitative estimate of drug-likeness (QED) is 0.587. The van der Waals surface area contributed by atoms with Crippen LogP contribution in [0, 0.1) is 5.41 Å². The lowest BCUT2D eigenvalue weighted by Gasteiger charge is -2.29. The summed E-state index contributed by atoms with van der Waals surface area (Å²) in [5.41, 5.74) is -3.62. The van der Waals surface area contributed by atoms with Crippen LogP contribution in [0.25, 0.3) is 0 Å². The molecule has 0 amide bonds. The van der Waals surface area contributed by atoms with Gasteiger partial charge in [0.25, 0.3) is 0 Å². The molecule has 0 aromatic carbocycles. The van der Waals surface area contributed by atoms with Crippen LogP contribution in [0.3, 0.4) is 0 Å². The average Bonchev–Trinajstić information content (AvgIpc) is 1.79. The molecule has 0 heterocycles. The van der Waals surface area contributed by atoms with Crippen LogP contribution in [0.1, 0.15) is 27.7 Å². The highest BCUT2D eigenvalue weighted by Gasteiger charge is 2.64. The number of hydrogen-bond donors (Lipinski definition) is 0. The zero-order chi connectivity index (χ0) is 13.1. The first-order chi connectivity index (χ1) is 6.23. The van der Waals surface area contributed by atoms with E-state index in [-0.39, 0.29) is 19.6 Å². The Labute approximate surface area is 83.5 Å². The maximum atomic E-state index is 11.6. The van der Waals surface area contributed by atoms with E-state index in [2.05, 4.69) is 0 Å². The second-order valence-corrected chi connectivity index (χ2v) is 3.53. The Morgan fingerprint density at radius 2 is 0.933 bits per heavy atom. The van der Waals surface area contributed by atoms with Gasteiger partial charge in [-0.05, 0) is 27.7 Å². The van der Waals surface area contributed by atoms with Gasteiger partial charge in [-0.3, -0.25) is 0 Å². The maximum Gasteiger partial charge on any atom is 0.402 e. The molecule has 0 bridgehead atoms. The molecular weight excluding hydrogens is 226 g/mol. The smallest absolute Gasteiger partial charge is 0.300 e. The van der Waals surface area contributed by atoms with E-state index in [1.165, 1.54) is 13.8 Å². The first-order valence-corrected chi connectivity index (χ1v) is 3.84. The minimum Gasteiger partial charge on any atom is -0.300 e. The third-order valence-electron chi connectivity index (χ3n) is 1.42. The van der Waals surface area contributed by atoms with Crippen LogP contribution in [0.5, 0.6) is 0 Å². The Balaban J connectivity index is 0. The van der Waals surface area contributed by atoms with Crippen molar-refractivity contribution in [3.8, 4) is 0 Å². The Morgan fingerprint density at radius 1 is 0.800 bits per heavy atom. The van der Waals surface area contributed by atoms with E-state index < -0.39 is 17.8 Å². The summed E-state index contributed by atoms with van der Waals surface area (Å²) in [4.78, 5) is 9.44. The summed E-state index contributed by atoms with van der Waals surface area (Å²) in [7, 11) is 0. The summed E-state index contributed by atoms with van der Waals surface area (Å²) < 4.78 is 69.7. The largest absolute Gasteiger partial charge is 0.402 e. The summed E-state index contributed by atoms with van der Waals surface area (Å²) in [5, 5.41) is 0. The zero-order valence-electron chi connectivity index (χ0n) is 8.68. The normalized spacial score (nSPS) is 12.9. The van der Waals surface area contributed by atoms with Gasteiger partial charge in [-0.25, -0.2) is 0 Å². The molecule has 0 aliphatic heterocycles. The van der Waals surface area contributed by atoms with Crippen molar-refractivity contribution in [2.24, 2.45) is 5.41 Å². The van der Waals surface area contributed by atoms with Gasteiger partial charge in [0.1, 0.15) is 5.78 Å². The summed E-state index contributed by atoms with van der Waals surface area (Å²) in [6.07, 6.45) is -10.5. The Morgan fingerprint density at radius 3 is 0.933 bits per heavy atom. The second kappa shape index (κ2) is 4.85. The molecule has 0 fully saturated rings. The molecule has 0 N–H and O–H groups in total. The SMILES string of the molecule is CC(C)(C(F)(F)F)C(F)(F)F.CC(C)=O. The van der Waals surface area contributed by atoms with E-state index in [1.54, 1.807) is 0 Å². The van der Waals surface area contributed by atoms with E-state index in [0.29, 0.717) is 0 Å². The van der Waals surface area contributed by atoms with Crippen molar-refractivity contribution in [2.45, 2.75) is 40.0 Å². The van der Waals surface area contributed by atoms with Crippen molar-refractivity contribution in [2.75, 3.05) is 0 Å². The standard InChI is InChI=1S/C5H6F6.C3H6O/c1-3(2,4(6,7)8)5(9,10)11;1-3(2)4/h1-2H3;1-2H3. The van der Waals surface area contributed by atoms with Crippen molar-refractivity contribution in [3.63, 3.8) is 0 Å². The van der Waals surface area contributed by atoms with Gasteiger partial charge in [-0.15, -0.1) is 0 Å². The lowest BCUT2D eigenvalue weighted by atomic mass is 9.92. The molecule has 0 spiro atoms. The van der Waals surface area contributed by atoms with Crippen LogP contribution in [0.2, 0.25) is 0 Å². The fraction of sp³-hybridized carbons (Fsp3) is 0.875. The molecule has 0 saturated heterocycles. The van der Waals surface area contributed by atoms with Gasteiger partial charge in [0.05, 0.1) is 0 Å². The van der Waals surface area contributed by atoms with Gasteiger partial charge < -0.3 is 4.79 Å². The number of carbonyl (C=O) groups is 1. The minimum absolute atomic E-state index is 0.104. The number of hydrogen-bond acceptors (Lipinski definition) is 1. The summed E-state index contributed by atoms with van der Waals surface area (Å²) in [6, 6.07) is 0. The molecule has 0 aromatic heterocycles. The van der Waals surface area contributed by atoms with Crippen molar-refractivity contribution < 1.29 is 31.1 Å². The lowest BCUT2D eigenvalue weighted by molar-refractivity contribution is -0.327. The lowest BCUT2D eigenvalue weighted by Crippen LogP contribution is -2.44. The monoisotopic (exact) mass is 238 g/mol. The van der Waals surface area contributed by atoms with Crippen LogP contribution in [-0.4, -0.2) is 18.1 Å². The third kappa shape index (κ3) is 5.64. The first kappa shape index (κ1) is 16.7. The minimum atomic E-state index is -5.24. The van der Waals surface area contributed by atoms with Crippen molar-refractivity contribution in [1.82, 2.24) is 0 Å². The molecule has 7 heteroatoms. The molecule has 0 radical (unpaired) electrons. The highest BCUT2D eigenvalue weighted by molar-refractivity contribution is 5.72. The molecule has 0 saturated carbocycles. The Kier molecular flexibility index (Phi) is 5.39. The van der Waals surface area contributed by atoms with Crippen molar-refractivity contribution >= 4 is 5.78 Å². The number of alkyl halides is 6. The van der Waals surface area contributed by atoms with Gasteiger partial charge in [-0.2, -0.15) is 26.3 Å². The van der Waals surface area contributed by atoms with Crippen molar-refractivity contribution in [1.29, 1.82) is 0 Å². The van der Waals surface area contributed by atoms with Crippen LogP contribution in [0.4, 0.5) is 26.3 Å². The molecular formula is C8H12F6O. The van der Waals surface area contributed by atoms with E-state index in [0.717, 1.165) is 0 Å². The molecule has 1 nitrogen and oxygen atoms in total. The number of ketones is 1. The van der Waals surface area contributed by atoms with Gasteiger partial charge >= 0.3 is 12.4 Å². The zero-order valence-corrected chi connectivity index (χ0v) is 8.68. The fourth-order valence-corrected chi connectivity index (χ4v) is 0.161. The van der Waals surface area contributed by atoms with E-state index in [1.807, 2.05) is 0 Å².